The number of ether oxygens (including phenoxy) is 1. The SMILES string of the molecule is C=CCC(NC(=O)NC(C)(C)COC)C(=O)O. The van der Waals surface area contributed by atoms with Crippen molar-refractivity contribution in [3.63, 3.8) is 0 Å². The van der Waals surface area contributed by atoms with Gasteiger partial charge in [0, 0.05) is 7.11 Å². The summed E-state index contributed by atoms with van der Waals surface area (Å²) in [6.07, 6.45) is 1.62. The number of nitrogens with one attached hydrogen (secondary N) is 2. The summed E-state index contributed by atoms with van der Waals surface area (Å²) in [6, 6.07) is -1.51. The predicted molar refractivity (Wildman–Crippen MR) is 63.9 cm³/mol. The first-order valence-electron chi connectivity index (χ1n) is 5.23. The zero-order valence-electron chi connectivity index (χ0n) is 10.4. The van der Waals surface area contributed by atoms with E-state index in [1.54, 1.807) is 13.8 Å². The molecule has 0 spiro atoms. The number of carbonyl (C=O) groups is 2. The molecule has 0 heterocycles. The molecule has 98 valence electrons. The van der Waals surface area contributed by atoms with Crippen LogP contribution in [-0.4, -0.2) is 42.4 Å². The van der Waals surface area contributed by atoms with Gasteiger partial charge >= 0.3 is 12.0 Å². The maximum absolute atomic E-state index is 11.5. The van der Waals surface area contributed by atoms with Crippen molar-refractivity contribution in [3.8, 4) is 0 Å². The third-order valence-corrected chi connectivity index (χ3v) is 1.96. The standard InChI is InChI=1S/C11H20N2O4/c1-5-6-8(9(14)15)12-10(16)13-11(2,3)7-17-4/h5,8H,1,6-7H2,2-4H3,(H,14,15)(H2,12,13,16). The Bertz CT molecular complexity index is 289. The number of carboxylic acids is 1. The lowest BCUT2D eigenvalue weighted by Crippen LogP contribution is -2.54. The molecule has 0 bridgehead atoms. The van der Waals surface area contributed by atoms with Crippen molar-refractivity contribution in [2.75, 3.05) is 13.7 Å². The Kier molecular flexibility index (Phi) is 6.27. The van der Waals surface area contributed by atoms with E-state index in [2.05, 4.69) is 17.2 Å². The molecule has 0 aliphatic rings. The van der Waals surface area contributed by atoms with E-state index in [9.17, 15) is 9.59 Å². The van der Waals surface area contributed by atoms with Gasteiger partial charge in [-0.05, 0) is 20.3 Å². The molecule has 0 saturated carbocycles. The lowest BCUT2D eigenvalue weighted by atomic mass is 10.1. The molecule has 0 fully saturated rings. The molecular weight excluding hydrogens is 224 g/mol. The fraction of sp³-hybridized carbons (Fsp3) is 0.636. The molecule has 6 nitrogen and oxygen atoms in total. The van der Waals surface area contributed by atoms with Gasteiger partial charge in [0.05, 0.1) is 12.1 Å². The van der Waals surface area contributed by atoms with E-state index in [0.717, 1.165) is 0 Å². The average molecular weight is 244 g/mol. The molecule has 0 rings (SSSR count). The molecule has 0 aliphatic heterocycles. The van der Waals surface area contributed by atoms with Gasteiger partial charge in [-0.1, -0.05) is 6.08 Å². The van der Waals surface area contributed by atoms with Gasteiger partial charge in [0.25, 0.3) is 0 Å². The minimum absolute atomic E-state index is 0.174. The third-order valence-electron chi connectivity index (χ3n) is 1.96. The van der Waals surface area contributed by atoms with Gasteiger partial charge in [0.15, 0.2) is 0 Å². The fourth-order valence-corrected chi connectivity index (χ4v) is 1.29. The second-order valence-corrected chi connectivity index (χ2v) is 4.33. The van der Waals surface area contributed by atoms with Crippen LogP contribution in [-0.2, 0) is 9.53 Å². The first-order chi connectivity index (χ1) is 7.82. The maximum atomic E-state index is 11.5. The summed E-state index contributed by atoms with van der Waals surface area (Å²) >= 11 is 0. The van der Waals surface area contributed by atoms with Crippen LogP contribution in [0.4, 0.5) is 4.79 Å². The Balaban J connectivity index is 4.32. The molecule has 17 heavy (non-hydrogen) atoms. The molecule has 0 aromatic heterocycles. The third kappa shape index (κ3) is 6.57. The zero-order chi connectivity index (χ0) is 13.5. The van der Waals surface area contributed by atoms with Gasteiger partial charge < -0.3 is 20.5 Å². The number of hydrogen-bond acceptors (Lipinski definition) is 3. The van der Waals surface area contributed by atoms with Gasteiger partial charge in [0.1, 0.15) is 6.04 Å². The number of carboxylic acid groups (broad SMARTS) is 1. The van der Waals surface area contributed by atoms with E-state index in [4.69, 9.17) is 9.84 Å². The van der Waals surface area contributed by atoms with Gasteiger partial charge in [-0.25, -0.2) is 9.59 Å². The van der Waals surface area contributed by atoms with E-state index in [0.29, 0.717) is 6.61 Å². The minimum atomic E-state index is -1.09. The van der Waals surface area contributed by atoms with Crippen LogP contribution in [0.3, 0.4) is 0 Å². The van der Waals surface area contributed by atoms with E-state index >= 15 is 0 Å². The quantitative estimate of drug-likeness (QED) is 0.576. The number of methoxy groups -OCH3 is 1. The topological polar surface area (TPSA) is 87.7 Å². The highest BCUT2D eigenvalue weighted by Gasteiger charge is 2.23. The highest BCUT2D eigenvalue weighted by molar-refractivity contribution is 5.82. The number of urea groups is 1. The second-order valence-electron chi connectivity index (χ2n) is 4.33. The Hall–Kier alpha value is -1.56. The lowest BCUT2D eigenvalue weighted by molar-refractivity contribution is -0.139. The summed E-state index contributed by atoms with van der Waals surface area (Å²) in [5.41, 5.74) is -0.559. The van der Waals surface area contributed by atoms with Crippen molar-refractivity contribution in [1.29, 1.82) is 0 Å². The van der Waals surface area contributed by atoms with Crippen molar-refractivity contribution in [2.24, 2.45) is 0 Å². The summed E-state index contributed by atoms with van der Waals surface area (Å²) in [5, 5.41) is 13.8. The highest BCUT2D eigenvalue weighted by atomic mass is 16.5. The van der Waals surface area contributed by atoms with Crippen molar-refractivity contribution in [1.82, 2.24) is 10.6 Å². The van der Waals surface area contributed by atoms with Crippen LogP contribution in [0.2, 0.25) is 0 Å². The van der Waals surface area contributed by atoms with Crippen LogP contribution in [0.15, 0.2) is 12.7 Å². The predicted octanol–water partition coefficient (Wildman–Crippen LogP) is 0.740. The first kappa shape index (κ1) is 15.4. The van der Waals surface area contributed by atoms with Crippen LogP contribution < -0.4 is 10.6 Å². The van der Waals surface area contributed by atoms with Gasteiger partial charge in [-0.15, -0.1) is 6.58 Å². The maximum Gasteiger partial charge on any atom is 0.326 e. The Morgan fingerprint density at radius 1 is 1.53 bits per heavy atom. The van der Waals surface area contributed by atoms with Crippen molar-refractivity contribution in [3.05, 3.63) is 12.7 Å². The van der Waals surface area contributed by atoms with Crippen LogP contribution in [0.5, 0.6) is 0 Å². The van der Waals surface area contributed by atoms with Gasteiger partial charge in [-0.3, -0.25) is 0 Å². The Morgan fingerprint density at radius 3 is 2.53 bits per heavy atom. The molecule has 1 unspecified atom stereocenters. The van der Waals surface area contributed by atoms with Crippen LogP contribution >= 0.6 is 0 Å². The molecule has 6 heteroatoms. The number of rotatable bonds is 7. The van der Waals surface area contributed by atoms with E-state index < -0.39 is 23.6 Å². The van der Waals surface area contributed by atoms with Gasteiger partial charge in [0.2, 0.25) is 0 Å². The van der Waals surface area contributed by atoms with E-state index in [1.807, 2.05) is 0 Å². The van der Waals surface area contributed by atoms with Gasteiger partial charge in [-0.2, -0.15) is 0 Å². The average Bonchev–Trinajstić information content (AvgIpc) is 2.15. The summed E-state index contributed by atoms with van der Waals surface area (Å²) in [6.45, 7) is 7.33. The molecule has 3 N–H and O–H groups in total. The number of hydrogen-bond donors (Lipinski definition) is 3. The smallest absolute Gasteiger partial charge is 0.326 e. The zero-order valence-corrected chi connectivity index (χ0v) is 10.4. The second kappa shape index (κ2) is 6.90. The minimum Gasteiger partial charge on any atom is -0.480 e. The summed E-state index contributed by atoms with van der Waals surface area (Å²) in [5.74, 6) is -1.09. The fourth-order valence-electron chi connectivity index (χ4n) is 1.29. The normalized spacial score (nSPS) is 12.6. The van der Waals surface area contributed by atoms with E-state index in [-0.39, 0.29) is 6.42 Å². The molecule has 2 amide bonds. The number of aliphatic carboxylic acids is 1. The van der Waals surface area contributed by atoms with Crippen molar-refractivity contribution >= 4 is 12.0 Å². The molecule has 1 atom stereocenters. The molecular formula is C11H20N2O4. The monoisotopic (exact) mass is 244 g/mol. The van der Waals surface area contributed by atoms with Crippen molar-refractivity contribution < 1.29 is 19.4 Å². The lowest BCUT2D eigenvalue weighted by Gasteiger charge is -2.26. The molecule has 0 aliphatic carbocycles. The summed E-state index contributed by atoms with van der Waals surface area (Å²) in [4.78, 5) is 22.3. The van der Waals surface area contributed by atoms with Crippen LogP contribution in [0.1, 0.15) is 20.3 Å². The summed E-state index contributed by atoms with van der Waals surface area (Å²) in [7, 11) is 1.53. The largest absolute Gasteiger partial charge is 0.480 e. The molecule has 0 saturated heterocycles. The first-order valence-corrected chi connectivity index (χ1v) is 5.23. The molecule has 0 aromatic carbocycles. The molecule has 0 radical (unpaired) electrons. The van der Waals surface area contributed by atoms with Crippen LogP contribution in [0.25, 0.3) is 0 Å². The number of amides is 2. The Morgan fingerprint density at radius 2 is 2.12 bits per heavy atom. The van der Waals surface area contributed by atoms with Crippen LogP contribution in [0, 0.1) is 0 Å². The highest BCUT2D eigenvalue weighted by Crippen LogP contribution is 2.02. The van der Waals surface area contributed by atoms with Crippen molar-refractivity contribution in [2.45, 2.75) is 31.8 Å². The molecule has 0 aromatic rings. The Labute approximate surface area is 101 Å². The van der Waals surface area contributed by atoms with E-state index in [1.165, 1.54) is 13.2 Å². The summed E-state index contributed by atoms with van der Waals surface area (Å²) < 4.78 is 4.93. The number of carbonyl (C=O) groups excluding carboxylic acids is 1.